The van der Waals surface area contributed by atoms with Gasteiger partial charge < -0.3 is 0 Å². The Morgan fingerprint density at radius 1 is 1.04 bits per heavy atom. The number of nitriles is 1. The second kappa shape index (κ2) is 7.38. The quantitative estimate of drug-likeness (QED) is 0.684. The first-order valence-electron chi connectivity index (χ1n) is 8.43. The van der Waals surface area contributed by atoms with Crippen molar-refractivity contribution in [1.29, 1.82) is 5.26 Å². The van der Waals surface area contributed by atoms with Gasteiger partial charge in [-0.3, -0.25) is 9.69 Å². The van der Waals surface area contributed by atoms with E-state index in [0.717, 1.165) is 11.1 Å². The largest absolute Gasteiger partial charge is 0.296 e. The zero-order valence-electron chi connectivity index (χ0n) is 15.3. The van der Waals surface area contributed by atoms with Crippen molar-refractivity contribution in [2.75, 3.05) is 11.9 Å². The van der Waals surface area contributed by atoms with Crippen molar-refractivity contribution in [2.45, 2.75) is 13.8 Å². The van der Waals surface area contributed by atoms with Gasteiger partial charge in [0.05, 0.1) is 5.56 Å². The van der Waals surface area contributed by atoms with Crippen molar-refractivity contribution >= 4 is 11.7 Å². The summed E-state index contributed by atoms with van der Waals surface area (Å²) in [6.45, 7) is 4.02. The van der Waals surface area contributed by atoms with Crippen LogP contribution in [0.25, 0.3) is 11.1 Å². The predicted molar refractivity (Wildman–Crippen MR) is 103 cm³/mol. The van der Waals surface area contributed by atoms with Gasteiger partial charge in [-0.25, -0.2) is 9.37 Å². The van der Waals surface area contributed by atoms with Gasteiger partial charge in [-0.2, -0.15) is 5.26 Å². The fourth-order valence-corrected chi connectivity index (χ4v) is 2.75. The summed E-state index contributed by atoms with van der Waals surface area (Å²) >= 11 is 0. The Hall–Kier alpha value is -3.52. The number of halogens is 1. The van der Waals surface area contributed by atoms with E-state index < -0.39 is 11.7 Å². The van der Waals surface area contributed by atoms with Crippen LogP contribution in [0.3, 0.4) is 0 Å². The number of rotatable bonds is 3. The van der Waals surface area contributed by atoms with Crippen LogP contribution >= 0.6 is 0 Å². The molecule has 0 saturated heterocycles. The van der Waals surface area contributed by atoms with E-state index in [1.807, 2.05) is 38.1 Å². The normalized spacial score (nSPS) is 10.3. The van der Waals surface area contributed by atoms with Crippen molar-refractivity contribution in [1.82, 2.24) is 4.98 Å². The van der Waals surface area contributed by atoms with Gasteiger partial charge in [-0.15, -0.1) is 0 Å². The lowest BCUT2D eigenvalue weighted by Gasteiger charge is -2.17. The van der Waals surface area contributed by atoms with Crippen LogP contribution in [0.4, 0.5) is 10.2 Å². The molecule has 1 heterocycles. The maximum atomic E-state index is 14.7. The average molecular weight is 359 g/mol. The number of carbonyl (C=O) groups excluding carboxylic acids is 1. The molecule has 3 aromatic rings. The molecule has 1 amide bonds. The highest BCUT2D eigenvalue weighted by Gasteiger charge is 2.19. The lowest BCUT2D eigenvalue weighted by atomic mass is 9.99. The SMILES string of the molecule is Cc1ccc(-c2ccc(C(=O)N(C)c3cccc(C#N)n3)c(F)c2)cc1C. The number of nitrogens with zero attached hydrogens (tertiary/aromatic N) is 3. The molecule has 0 aliphatic carbocycles. The van der Waals surface area contributed by atoms with Gasteiger partial charge in [0.1, 0.15) is 23.4 Å². The Morgan fingerprint density at radius 2 is 1.74 bits per heavy atom. The number of aromatic nitrogens is 1. The van der Waals surface area contributed by atoms with Crippen molar-refractivity contribution in [3.05, 3.63) is 82.8 Å². The monoisotopic (exact) mass is 359 g/mol. The summed E-state index contributed by atoms with van der Waals surface area (Å²) in [5, 5.41) is 8.94. The minimum absolute atomic E-state index is 0.0470. The molecule has 0 spiro atoms. The summed E-state index contributed by atoms with van der Waals surface area (Å²) in [6.07, 6.45) is 0. The number of benzene rings is 2. The number of hydrogen-bond acceptors (Lipinski definition) is 3. The number of anilines is 1. The van der Waals surface area contributed by atoms with Gasteiger partial charge in [-0.05, 0) is 60.4 Å². The zero-order valence-corrected chi connectivity index (χ0v) is 15.3. The van der Waals surface area contributed by atoms with Gasteiger partial charge >= 0.3 is 0 Å². The van der Waals surface area contributed by atoms with Crippen LogP contribution in [0.1, 0.15) is 27.2 Å². The van der Waals surface area contributed by atoms with Gasteiger partial charge in [0.15, 0.2) is 0 Å². The van der Waals surface area contributed by atoms with Gasteiger partial charge in [0.2, 0.25) is 0 Å². The van der Waals surface area contributed by atoms with Crippen LogP contribution in [0.15, 0.2) is 54.6 Å². The van der Waals surface area contributed by atoms with Gasteiger partial charge in [-0.1, -0.05) is 30.3 Å². The summed E-state index contributed by atoms with van der Waals surface area (Å²) in [5.41, 5.74) is 4.04. The first-order chi connectivity index (χ1) is 12.9. The fraction of sp³-hybridized carbons (Fsp3) is 0.136. The van der Waals surface area contributed by atoms with E-state index in [1.54, 1.807) is 24.3 Å². The molecule has 2 aromatic carbocycles. The average Bonchev–Trinajstić information content (AvgIpc) is 2.69. The van der Waals surface area contributed by atoms with Gasteiger partial charge in [0, 0.05) is 7.05 Å². The lowest BCUT2D eigenvalue weighted by Crippen LogP contribution is -2.28. The summed E-state index contributed by atoms with van der Waals surface area (Å²) in [6, 6.07) is 17.2. The summed E-state index contributed by atoms with van der Waals surface area (Å²) in [4.78, 5) is 18.0. The minimum atomic E-state index is -0.598. The number of carbonyl (C=O) groups is 1. The first kappa shape index (κ1) is 18.3. The van der Waals surface area contributed by atoms with E-state index in [-0.39, 0.29) is 17.1 Å². The van der Waals surface area contributed by atoms with Crippen LogP contribution in [0, 0.1) is 31.0 Å². The molecule has 0 N–H and O–H groups in total. The summed E-state index contributed by atoms with van der Waals surface area (Å²) in [7, 11) is 1.50. The molecule has 134 valence electrons. The maximum Gasteiger partial charge on any atom is 0.262 e. The summed E-state index contributed by atoms with van der Waals surface area (Å²) < 4.78 is 14.7. The van der Waals surface area contributed by atoms with Crippen molar-refractivity contribution in [3.8, 4) is 17.2 Å². The molecule has 5 heteroatoms. The van der Waals surface area contributed by atoms with E-state index >= 15 is 0 Å². The second-order valence-electron chi connectivity index (χ2n) is 6.35. The number of amides is 1. The molecular formula is C22H18FN3O. The molecule has 0 bridgehead atoms. The number of aryl methyl sites for hydroxylation is 2. The third-order valence-electron chi connectivity index (χ3n) is 4.54. The Balaban J connectivity index is 1.91. The van der Waals surface area contributed by atoms with E-state index in [1.165, 1.54) is 29.6 Å². The molecule has 0 unspecified atom stereocenters. The van der Waals surface area contributed by atoms with Crippen molar-refractivity contribution in [2.24, 2.45) is 0 Å². The summed E-state index contributed by atoms with van der Waals surface area (Å²) in [5.74, 6) is -0.836. The van der Waals surface area contributed by atoms with Gasteiger partial charge in [0.25, 0.3) is 5.91 Å². The van der Waals surface area contributed by atoms with Crippen LogP contribution in [0.5, 0.6) is 0 Å². The Bertz CT molecular complexity index is 1070. The molecule has 0 atom stereocenters. The Labute approximate surface area is 157 Å². The van der Waals surface area contributed by atoms with Crippen molar-refractivity contribution < 1.29 is 9.18 Å². The molecule has 0 radical (unpaired) electrons. The highest BCUT2D eigenvalue weighted by molar-refractivity contribution is 6.05. The highest BCUT2D eigenvalue weighted by atomic mass is 19.1. The van der Waals surface area contributed by atoms with E-state index in [9.17, 15) is 9.18 Å². The molecule has 0 saturated carbocycles. The molecular weight excluding hydrogens is 341 g/mol. The van der Waals surface area contributed by atoms with Crippen molar-refractivity contribution in [3.63, 3.8) is 0 Å². The molecule has 3 rings (SSSR count). The Morgan fingerprint density at radius 3 is 2.41 bits per heavy atom. The Kier molecular flexibility index (Phi) is 5.00. The number of hydrogen-bond donors (Lipinski definition) is 0. The van der Waals surface area contributed by atoms with E-state index in [4.69, 9.17) is 5.26 Å². The van der Waals surface area contributed by atoms with Crippen LogP contribution in [-0.4, -0.2) is 17.9 Å². The van der Waals surface area contributed by atoms with Crippen LogP contribution < -0.4 is 4.90 Å². The van der Waals surface area contributed by atoms with Crippen LogP contribution in [0.2, 0.25) is 0 Å². The smallest absolute Gasteiger partial charge is 0.262 e. The molecule has 0 fully saturated rings. The maximum absolute atomic E-state index is 14.7. The third-order valence-corrected chi connectivity index (χ3v) is 4.54. The van der Waals surface area contributed by atoms with Crippen LogP contribution in [-0.2, 0) is 0 Å². The topological polar surface area (TPSA) is 57.0 Å². The highest BCUT2D eigenvalue weighted by Crippen LogP contribution is 2.25. The van der Waals surface area contributed by atoms with E-state index in [0.29, 0.717) is 5.56 Å². The fourth-order valence-electron chi connectivity index (χ4n) is 2.75. The molecule has 27 heavy (non-hydrogen) atoms. The predicted octanol–water partition coefficient (Wildman–Crippen LogP) is 4.65. The number of pyridine rings is 1. The molecule has 0 aliphatic rings. The lowest BCUT2D eigenvalue weighted by molar-refractivity contribution is 0.0988. The first-order valence-corrected chi connectivity index (χ1v) is 8.43. The second-order valence-corrected chi connectivity index (χ2v) is 6.35. The molecule has 0 aliphatic heterocycles. The molecule has 4 nitrogen and oxygen atoms in total. The van der Waals surface area contributed by atoms with E-state index in [2.05, 4.69) is 4.98 Å². The standard InChI is InChI=1S/C22H18FN3O/c1-14-7-8-16(11-15(14)2)17-9-10-19(20(23)12-17)22(27)26(3)21-6-4-5-18(13-24)25-21/h4-12H,1-3H3. The third kappa shape index (κ3) is 3.70. The molecule has 1 aromatic heterocycles. The minimum Gasteiger partial charge on any atom is -0.296 e. The zero-order chi connectivity index (χ0) is 19.6.